The molecule has 0 radical (unpaired) electrons. The van der Waals surface area contributed by atoms with Crippen molar-refractivity contribution in [1.29, 1.82) is 0 Å². The van der Waals surface area contributed by atoms with Gasteiger partial charge >= 0.3 is 0 Å². The van der Waals surface area contributed by atoms with Crippen LogP contribution in [0.15, 0.2) is 18.2 Å². The van der Waals surface area contributed by atoms with Crippen molar-refractivity contribution in [1.82, 2.24) is 25.5 Å². The molecular weight excluding hydrogens is 252 g/mol. The molecule has 0 bridgehead atoms. The zero-order valence-electron chi connectivity index (χ0n) is 10.4. The first-order chi connectivity index (χ1) is 9.17. The fraction of sp³-hybridized carbons (Fsp3) is 0.300. The van der Waals surface area contributed by atoms with Crippen LogP contribution in [0, 0.1) is 10.1 Å². The topological polar surface area (TPSA) is 108 Å². The monoisotopic (exact) mass is 264 g/mol. The summed E-state index contributed by atoms with van der Waals surface area (Å²) in [7, 11) is 3.23. The minimum atomic E-state index is -0.481. The molecule has 19 heavy (non-hydrogen) atoms. The number of aromatic nitrogens is 4. The van der Waals surface area contributed by atoms with E-state index in [1.807, 2.05) is 0 Å². The molecule has 100 valence electrons. The van der Waals surface area contributed by atoms with Gasteiger partial charge < -0.3 is 10.1 Å². The third-order valence-corrected chi connectivity index (χ3v) is 2.47. The molecule has 0 saturated carbocycles. The van der Waals surface area contributed by atoms with E-state index < -0.39 is 4.92 Å². The van der Waals surface area contributed by atoms with Gasteiger partial charge in [-0.3, -0.25) is 10.1 Å². The maximum absolute atomic E-state index is 10.8. The number of methoxy groups -OCH3 is 1. The van der Waals surface area contributed by atoms with Crippen molar-refractivity contribution in [3.05, 3.63) is 34.1 Å². The van der Waals surface area contributed by atoms with E-state index in [0.29, 0.717) is 23.8 Å². The molecule has 0 amide bonds. The lowest BCUT2D eigenvalue weighted by Gasteiger charge is -2.09. The number of non-ortho nitro benzene ring substituents is 1. The lowest BCUT2D eigenvalue weighted by molar-refractivity contribution is -0.384. The number of nitro groups is 1. The summed E-state index contributed by atoms with van der Waals surface area (Å²) in [5.74, 6) is 0.983. The molecule has 9 nitrogen and oxygen atoms in total. The van der Waals surface area contributed by atoms with Crippen LogP contribution in [-0.2, 0) is 6.54 Å². The van der Waals surface area contributed by atoms with Gasteiger partial charge in [-0.25, -0.2) is 0 Å². The highest BCUT2D eigenvalue weighted by Gasteiger charge is 2.16. The predicted octanol–water partition coefficient (Wildman–Crippen LogP) is 0.298. The number of nitrogens with zero attached hydrogens (tertiary/aromatic N) is 5. The summed E-state index contributed by atoms with van der Waals surface area (Å²) < 4.78 is 6.58. The maximum atomic E-state index is 10.8. The van der Waals surface area contributed by atoms with E-state index in [2.05, 4.69) is 20.8 Å². The fourth-order valence-electron chi connectivity index (χ4n) is 1.62. The Morgan fingerprint density at radius 3 is 2.95 bits per heavy atom. The molecule has 1 aromatic heterocycles. The number of benzene rings is 1. The second-order valence-electron chi connectivity index (χ2n) is 3.65. The van der Waals surface area contributed by atoms with Crippen LogP contribution >= 0.6 is 0 Å². The molecule has 1 N–H and O–H groups in total. The number of hydrogen-bond acceptors (Lipinski definition) is 7. The van der Waals surface area contributed by atoms with Gasteiger partial charge in [0, 0.05) is 12.1 Å². The highest BCUT2D eigenvalue weighted by molar-refractivity contribution is 5.53. The standard InChI is InChI=1S/C10H12N6O3/c1-11-6-10-12-13-14-15(10)8-5-7(16(17)18)3-4-9(8)19-2/h3-5,11H,6H2,1-2H3. The lowest BCUT2D eigenvalue weighted by Crippen LogP contribution is -2.13. The molecule has 0 spiro atoms. The number of hydrogen-bond donors (Lipinski definition) is 1. The first-order valence-electron chi connectivity index (χ1n) is 5.42. The molecule has 0 aliphatic heterocycles. The largest absolute Gasteiger partial charge is 0.494 e. The summed E-state index contributed by atoms with van der Waals surface area (Å²) in [4.78, 5) is 10.3. The summed E-state index contributed by atoms with van der Waals surface area (Å²) in [5.41, 5.74) is 0.369. The van der Waals surface area contributed by atoms with E-state index in [0.717, 1.165) is 0 Å². The van der Waals surface area contributed by atoms with Crippen LogP contribution in [0.3, 0.4) is 0 Å². The molecular formula is C10H12N6O3. The molecule has 0 aliphatic carbocycles. The molecule has 0 atom stereocenters. The van der Waals surface area contributed by atoms with Gasteiger partial charge in [-0.05, 0) is 23.5 Å². The minimum Gasteiger partial charge on any atom is -0.494 e. The summed E-state index contributed by atoms with van der Waals surface area (Å²) >= 11 is 0. The highest BCUT2D eigenvalue weighted by Crippen LogP contribution is 2.27. The number of rotatable bonds is 5. The van der Waals surface area contributed by atoms with Crippen molar-refractivity contribution in [2.24, 2.45) is 0 Å². The van der Waals surface area contributed by atoms with Crippen LogP contribution in [-0.4, -0.2) is 39.3 Å². The van der Waals surface area contributed by atoms with Gasteiger partial charge in [0.1, 0.15) is 11.4 Å². The van der Waals surface area contributed by atoms with Crippen molar-refractivity contribution in [3.8, 4) is 11.4 Å². The van der Waals surface area contributed by atoms with Crippen LogP contribution in [0.5, 0.6) is 5.75 Å². The molecule has 9 heteroatoms. The molecule has 1 heterocycles. The summed E-state index contributed by atoms with van der Waals surface area (Å²) in [6.45, 7) is 0.429. The SMILES string of the molecule is CNCc1nnnn1-c1cc([N+](=O)[O-])ccc1OC. The zero-order valence-corrected chi connectivity index (χ0v) is 10.4. The van der Waals surface area contributed by atoms with E-state index in [-0.39, 0.29) is 5.69 Å². The average Bonchev–Trinajstić information content (AvgIpc) is 2.86. The molecule has 1 aromatic carbocycles. The molecule has 0 unspecified atom stereocenters. The summed E-state index contributed by atoms with van der Waals surface area (Å²) in [6, 6.07) is 4.25. The minimum absolute atomic E-state index is 0.0540. The van der Waals surface area contributed by atoms with Gasteiger partial charge in [-0.1, -0.05) is 0 Å². The first-order valence-corrected chi connectivity index (χ1v) is 5.42. The average molecular weight is 264 g/mol. The van der Waals surface area contributed by atoms with Gasteiger partial charge in [0.2, 0.25) is 0 Å². The van der Waals surface area contributed by atoms with Crippen molar-refractivity contribution in [2.45, 2.75) is 6.54 Å². The van der Waals surface area contributed by atoms with Crippen molar-refractivity contribution < 1.29 is 9.66 Å². The van der Waals surface area contributed by atoms with Crippen molar-refractivity contribution in [2.75, 3.05) is 14.2 Å². The maximum Gasteiger partial charge on any atom is 0.271 e. The Hall–Kier alpha value is -2.55. The van der Waals surface area contributed by atoms with E-state index in [1.54, 1.807) is 7.05 Å². The fourth-order valence-corrected chi connectivity index (χ4v) is 1.62. The normalized spacial score (nSPS) is 10.4. The number of ether oxygens (including phenoxy) is 1. The van der Waals surface area contributed by atoms with E-state index in [4.69, 9.17) is 4.74 Å². The molecule has 2 rings (SSSR count). The highest BCUT2D eigenvalue weighted by atomic mass is 16.6. The second-order valence-corrected chi connectivity index (χ2v) is 3.65. The Morgan fingerprint density at radius 1 is 1.53 bits per heavy atom. The first kappa shape index (κ1) is 12.9. The quantitative estimate of drug-likeness (QED) is 0.611. The van der Waals surface area contributed by atoms with Crippen LogP contribution in [0.2, 0.25) is 0 Å². The van der Waals surface area contributed by atoms with Crippen LogP contribution in [0.1, 0.15) is 5.82 Å². The third-order valence-electron chi connectivity index (χ3n) is 2.47. The van der Waals surface area contributed by atoms with Crippen molar-refractivity contribution >= 4 is 5.69 Å². The third kappa shape index (κ3) is 2.50. The smallest absolute Gasteiger partial charge is 0.271 e. The Labute approximate surface area is 108 Å². The van der Waals surface area contributed by atoms with E-state index in [1.165, 1.54) is 30.0 Å². The Bertz CT molecular complexity index is 597. The summed E-state index contributed by atoms with van der Waals surface area (Å²) in [5, 5.41) is 25.0. The van der Waals surface area contributed by atoms with Gasteiger partial charge in [0.25, 0.3) is 5.69 Å². The zero-order chi connectivity index (χ0) is 13.8. The van der Waals surface area contributed by atoms with Crippen molar-refractivity contribution in [3.63, 3.8) is 0 Å². The van der Waals surface area contributed by atoms with Gasteiger partial charge in [-0.2, -0.15) is 4.68 Å². The van der Waals surface area contributed by atoms with E-state index >= 15 is 0 Å². The van der Waals surface area contributed by atoms with Crippen LogP contribution in [0.4, 0.5) is 5.69 Å². The van der Waals surface area contributed by atoms with Gasteiger partial charge in [-0.15, -0.1) is 5.10 Å². The molecule has 0 fully saturated rings. The number of nitro benzene ring substituents is 1. The Balaban J connectivity index is 2.55. The van der Waals surface area contributed by atoms with E-state index in [9.17, 15) is 10.1 Å². The molecule has 2 aromatic rings. The molecule has 0 aliphatic rings. The Morgan fingerprint density at radius 2 is 2.32 bits per heavy atom. The predicted molar refractivity (Wildman–Crippen MR) is 65.1 cm³/mol. The molecule has 0 saturated heterocycles. The lowest BCUT2D eigenvalue weighted by atomic mass is 10.2. The summed E-state index contributed by atoms with van der Waals surface area (Å²) in [6.07, 6.45) is 0. The number of nitrogens with one attached hydrogen (secondary N) is 1. The van der Waals surface area contributed by atoms with Crippen LogP contribution in [0.25, 0.3) is 5.69 Å². The van der Waals surface area contributed by atoms with Gasteiger partial charge in [0.05, 0.1) is 18.6 Å². The Kier molecular flexibility index (Phi) is 3.66. The number of tetrazole rings is 1. The van der Waals surface area contributed by atoms with Gasteiger partial charge in [0.15, 0.2) is 5.82 Å². The second kappa shape index (κ2) is 5.40. The van der Waals surface area contributed by atoms with Crippen LogP contribution < -0.4 is 10.1 Å².